The number of allylic oxidation sites excluding steroid dienone is 1. The molecular formula is C12H12N2. The molecule has 0 saturated carbocycles. The molecule has 3 rings (SSSR count). The lowest BCUT2D eigenvalue weighted by atomic mass is 10.1. The molecule has 0 atom stereocenters. The van der Waals surface area contributed by atoms with Crippen LogP contribution in [0.1, 0.15) is 11.1 Å². The molecule has 2 heteroatoms. The van der Waals surface area contributed by atoms with Crippen molar-refractivity contribution < 1.29 is 0 Å². The number of aromatic nitrogens is 2. The van der Waals surface area contributed by atoms with Crippen LogP contribution in [0, 0.1) is 0 Å². The average Bonchev–Trinajstić information content (AvgIpc) is 2.92. The van der Waals surface area contributed by atoms with E-state index in [9.17, 15) is 0 Å². The molecule has 0 spiro atoms. The lowest BCUT2D eigenvalue weighted by Gasteiger charge is -1.93. The number of nitrogens with one attached hydrogen (secondary N) is 1. The normalized spacial score (nSPS) is 11.7. The van der Waals surface area contributed by atoms with Gasteiger partial charge in [-0.1, -0.05) is 36.4 Å². The van der Waals surface area contributed by atoms with E-state index < -0.39 is 0 Å². The zero-order valence-corrected chi connectivity index (χ0v) is 7.85. The SMILES string of the molecule is C1=Cc2ccccc2C1.c1cn[nH]c1. The van der Waals surface area contributed by atoms with E-state index in [1.54, 1.807) is 12.4 Å². The fraction of sp³-hybridized carbons (Fsp3) is 0.0833. The lowest BCUT2D eigenvalue weighted by Crippen LogP contribution is -1.76. The van der Waals surface area contributed by atoms with E-state index in [1.165, 1.54) is 11.1 Å². The monoisotopic (exact) mass is 184 g/mol. The first-order valence-corrected chi connectivity index (χ1v) is 4.65. The van der Waals surface area contributed by atoms with Gasteiger partial charge in [0.1, 0.15) is 0 Å². The molecule has 2 aromatic rings. The molecule has 0 aliphatic heterocycles. The number of hydrogen-bond acceptors (Lipinski definition) is 1. The van der Waals surface area contributed by atoms with E-state index in [2.05, 4.69) is 46.6 Å². The number of nitrogens with zero attached hydrogens (tertiary/aromatic N) is 1. The number of H-pyrrole nitrogens is 1. The summed E-state index contributed by atoms with van der Waals surface area (Å²) < 4.78 is 0. The maximum absolute atomic E-state index is 3.60. The van der Waals surface area contributed by atoms with E-state index in [1.807, 2.05) is 6.07 Å². The molecule has 1 heterocycles. The summed E-state index contributed by atoms with van der Waals surface area (Å²) in [6.45, 7) is 0. The Morgan fingerprint density at radius 3 is 2.71 bits per heavy atom. The van der Waals surface area contributed by atoms with Crippen LogP contribution in [0.5, 0.6) is 0 Å². The molecule has 0 amide bonds. The molecule has 1 aliphatic carbocycles. The zero-order valence-electron chi connectivity index (χ0n) is 7.85. The molecule has 1 aromatic heterocycles. The first-order valence-electron chi connectivity index (χ1n) is 4.65. The van der Waals surface area contributed by atoms with Gasteiger partial charge in [-0.15, -0.1) is 0 Å². The largest absolute Gasteiger partial charge is 0.286 e. The molecule has 1 N–H and O–H groups in total. The minimum atomic E-state index is 1.12. The molecule has 0 bridgehead atoms. The molecular weight excluding hydrogens is 172 g/mol. The van der Waals surface area contributed by atoms with Gasteiger partial charge in [0, 0.05) is 12.4 Å². The fourth-order valence-electron chi connectivity index (χ4n) is 1.41. The Labute approximate surface area is 83.3 Å². The molecule has 70 valence electrons. The van der Waals surface area contributed by atoms with Gasteiger partial charge >= 0.3 is 0 Å². The van der Waals surface area contributed by atoms with E-state index in [0.29, 0.717) is 0 Å². The molecule has 0 unspecified atom stereocenters. The Balaban J connectivity index is 0.000000128. The summed E-state index contributed by atoms with van der Waals surface area (Å²) in [5, 5.41) is 6.21. The van der Waals surface area contributed by atoms with Crippen molar-refractivity contribution in [3.63, 3.8) is 0 Å². The summed E-state index contributed by atoms with van der Waals surface area (Å²) >= 11 is 0. The standard InChI is InChI=1S/C9H8.C3H4N2/c1-2-5-9-7-3-6-8(9)4-1;1-2-4-5-3-1/h1-6H,7H2;1-3H,(H,4,5). The third-order valence-electron chi connectivity index (χ3n) is 2.10. The van der Waals surface area contributed by atoms with Crippen molar-refractivity contribution in [1.82, 2.24) is 10.2 Å². The second-order valence-electron chi connectivity index (χ2n) is 3.07. The van der Waals surface area contributed by atoms with Gasteiger partial charge in [-0.25, -0.2) is 0 Å². The highest BCUT2D eigenvalue weighted by atomic mass is 15.1. The van der Waals surface area contributed by atoms with Crippen LogP contribution in [0.25, 0.3) is 6.08 Å². The van der Waals surface area contributed by atoms with Gasteiger partial charge in [-0.05, 0) is 23.6 Å². The maximum atomic E-state index is 3.60. The summed E-state index contributed by atoms with van der Waals surface area (Å²) in [6, 6.07) is 10.3. The van der Waals surface area contributed by atoms with Gasteiger partial charge in [0.15, 0.2) is 0 Å². The van der Waals surface area contributed by atoms with Crippen LogP contribution >= 0.6 is 0 Å². The van der Waals surface area contributed by atoms with Gasteiger partial charge in [0.25, 0.3) is 0 Å². The third kappa shape index (κ3) is 2.10. The van der Waals surface area contributed by atoms with Crippen LogP contribution in [0.15, 0.2) is 48.8 Å². The second-order valence-corrected chi connectivity index (χ2v) is 3.07. The van der Waals surface area contributed by atoms with E-state index in [4.69, 9.17) is 0 Å². The lowest BCUT2D eigenvalue weighted by molar-refractivity contribution is 1.09. The topological polar surface area (TPSA) is 28.7 Å². The Bertz CT molecular complexity index is 385. The van der Waals surface area contributed by atoms with E-state index in [0.717, 1.165) is 6.42 Å². The molecule has 1 aliphatic rings. The number of rotatable bonds is 0. The van der Waals surface area contributed by atoms with Gasteiger partial charge in [-0.3, -0.25) is 5.10 Å². The van der Waals surface area contributed by atoms with Crippen molar-refractivity contribution in [2.45, 2.75) is 6.42 Å². The number of hydrogen-bond donors (Lipinski definition) is 1. The highest BCUT2D eigenvalue weighted by Gasteiger charge is 2.00. The van der Waals surface area contributed by atoms with Gasteiger partial charge in [-0.2, -0.15) is 5.10 Å². The number of fused-ring (bicyclic) bond motifs is 1. The first-order chi connectivity index (χ1) is 6.97. The Morgan fingerprint density at radius 2 is 2.07 bits per heavy atom. The van der Waals surface area contributed by atoms with E-state index >= 15 is 0 Å². The van der Waals surface area contributed by atoms with Crippen molar-refractivity contribution in [2.75, 3.05) is 0 Å². The predicted octanol–water partition coefficient (Wildman–Crippen LogP) is 2.67. The van der Waals surface area contributed by atoms with Crippen molar-refractivity contribution in [3.8, 4) is 0 Å². The molecule has 0 fully saturated rings. The maximum Gasteiger partial charge on any atom is 0.0487 e. The van der Waals surface area contributed by atoms with Crippen molar-refractivity contribution >= 4 is 6.08 Å². The highest BCUT2D eigenvalue weighted by molar-refractivity contribution is 5.59. The molecule has 14 heavy (non-hydrogen) atoms. The summed E-state index contributed by atoms with van der Waals surface area (Å²) in [4.78, 5) is 0. The minimum Gasteiger partial charge on any atom is -0.286 e. The van der Waals surface area contributed by atoms with Crippen LogP contribution in [0.2, 0.25) is 0 Å². The van der Waals surface area contributed by atoms with Crippen molar-refractivity contribution in [2.24, 2.45) is 0 Å². The van der Waals surface area contributed by atoms with Crippen molar-refractivity contribution in [3.05, 3.63) is 59.9 Å². The molecule has 0 radical (unpaired) electrons. The quantitative estimate of drug-likeness (QED) is 0.670. The van der Waals surface area contributed by atoms with Gasteiger partial charge in [0.05, 0.1) is 0 Å². The number of aromatic amines is 1. The summed E-state index contributed by atoms with van der Waals surface area (Å²) in [5.41, 5.74) is 2.84. The smallest absolute Gasteiger partial charge is 0.0487 e. The summed E-state index contributed by atoms with van der Waals surface area (Å²) in [6.07, 6.45) is 8.95. The predicted molar refractivity (Wildman–Crippen MR) is 57.8 cm³/mol. The average molecular weight is 184 g/mol. The third-order valence-corrected chi connectivity index (χ3v) is 2.10. The van der Waals surface area contributed by atoms with Crippen LogP contribution in [0.3, 0.4) is 0 Å². The van der Waals surface area contributed by atoms with Crippen LogP contribution in [-0.2, 0) is 6.42 Å². The highest BCUT2D eigenvalue weighted by Crippen LogP contribution is 2.17. The summed E-state index contributed by atoms with van der Waals surface area (Å²) in [7, 11) is 0. The molecule has 1 aromatic carbocycles. The minimum absolute atomic E-state index is 1.12. The fourth-order valence-corrected chi connectivity index (χ4v) is 1.41. The first kappa shape index (κ1) is 8.75. The second kappa shape index (κ2) is 4.42. The van der Waals surface area contributed by atoms with E-state index in [-0.39, 0.29) is 0 Å². The van der Waals surface area contributed by atoms with Crippen LogP contribution in [-0.4, -0.2) is 10.2 Å². The number of benzene rings is 1. The zero-order chi connectivity index (χ0) is 9.64. The molecule has 2 nitrogen and oxygen atoms in total. The van der Waals surface area contributed by atoms with Gasteiger partial charge < -0.3 is 0 Å². The Kier molecular flexibility index (Phi) is 2.76. The van der Waals surface area contributed by atoms with Crippen LogP contribution < -0.4 is 0 Å². The Morgan fingerprint density at radius 1 is 1.14 bits per heavy atom. The summed E-state index contributed by atoms with van der Waals surface area (Å²) in [5.74, 6) is 0. The van der Waals surface area contributed by atoms with Crippen molar-refractivity contribution in [1.29, 1.82) is 0 Å². The van der Waals surface area contributed by atoms with Crippen LogP contribution in [0.4, 0.5) is 0 Å². The Hall–Kier alpha value is -1.83. The molecule has 0 saturated heterocycles. The van der Waals surface area contributed by atoms with Gasteiger partial charge in [0.2, 0.25) is 0 Å².